The maximum absolute atomic E-state index is 14.0. The zero-order chi connectivity index (χ0) is 13.4. The summed E-state index contributed by atoms with van der Waals surface area (Å²) in [6.07, 6.45) is 2.09. The van der Waals surface area contributed by atoms with E-state index in [-0.39, 0.29) is 29.7 Å². The first-order chi connectivity index (χ1) is 9.16. The van der Waals surface area contributed by atoms with Crippen molar-refractivity contribution in [2.24, 2.45) is 5.92 Å². The monoisotopic (exact) mass is 298 g/mol. The molecule has 0 saturated carbocycles. The van der Waals surface area contributed by atoms with Crippen molar-refractivity contribution in [3.05, 3.63) is 35.1 Å². The minimum absolute atomic E-state index is 0. The van der Waals surface area contributed by atoms with Crippen molar-refractivity contribution in [2.75, 3.05) is 19.6 Å². The molecular formula is C15H20ClFN2O. The highest BCUT2D eigenvalue weighted by atomic mass is 35.5. The predicted octanol–water partition coefficient (Wildman–Crippen LogP) is 2.38. The van der Waals surface area contributed by atoms with Crippen LogP contribution in [0.3, 0.4) is 0 Å². The summed E-state index contributed by atoms with van der Waals surface area (Å²) in [6.45, 7) is 4.21. The highest BCUT2D eigenvalue weighted by Crippen LogP contribution is 2.26. The number of halogens is 2. The van der Waals surface area contributed by atoms with Crippen LogP contribution in [0.25, 0.3) is 0 Å². The van der Waals surface area contributed by atoms with Gasteiger partial charge in [0.05, 0.1) is 5.56 Å². The minimum Gasteiger partial charge on any atom is -0.338 e. The number of nitrogens with one attached hydrogen (secondary N) is 1. The maximum Gasteiger partial charge on any atom is 0.256 e. The van der Waals surface area contributed by atoms with Gasteiger partial charge in [0.2, 0.25) is 0 Å². The molecule has 1 aromatic rings. The standard InChI is InChI=1S/C15H19FN2O.ClH/c1-10-3-2-4-12(14(10)16)15(19)18-8-6-13-11(9-18)5-7-17-13;/h2-4,11,13,17H,5-9H2,1H3;1H. The quantitative estimate of drug-likeness (QED) is 0.863. The fourth-order valence-corrected chi connectivity index (χ4v) is 3.21. The van der Waals surface area contributed by atoms with E-state index in [0.29, 0.717) is 17.5 Å². The lowest BCUT2D eigenvalue weighted by Gasteiger charge is -2.35. The number of carbonyl (C=O) groups is 1. The SMILES string of the molecule is Cc1cccc(C(=O)N2CCC3NCCC3C2)c1F.Cl. The molecule has 0 aromatic heterocycles. The Bertz CT molecular complexity index is 509. The lowest BCUT2D eigenvalue weighted by molar-refractivity contribution is 0.0657. The zero-order valence-electron chi connectivity index (χ0n) is 11.6. The van der Waals surface area contributed by atoms with Crippen LogP contribution in [0, 0.1) is 18.7 Å². The van der Waals surface area contributed by atoms with E-state index >= 15 is 0 Å². The van der Waals surface area contributed by atoms with Gasteiger partial charge in [-0.05, 0) is 43.9 Å². The Morgan fingerprint density at radius 1 is 1.40 bits per heavy atom. The number of hydrogen-bond acceptors (Lipinski definition) is 2. The number of amides is 1. The molecule has 2 saturated heterocycles. The van der Waals surface area contributed by atoms with E-state index in [1.54, 1.807) is 25.1 Å². The third-order valence-corrected chi connectivity index (χ3v) is 4.37. The third kappa shape index (κ3) is 2.67. The van der Waals surface area contributed by atoms with Crippen molar-refractivity contribution >= 4 is 18.3 Å². The van der Waals surface area contributed by atoms with Gasteiger partial charge in [-0.3, -0.25) is 4.79 Å². The van der Waals surface area contributed by atoms with Crippen LogP contribution in [0.15, 0.2) is 18.2 Å². The van der Waals surface area contributed by atoms with Gasteiger partial charge in [0, 0.05) is 19.1 Å². The van der Waals surface area contributed by atoms with E-state index < -0.39 is 0 Å². The van der Waals surface area contributed by atoms with Crippen LogP contribution in [0.1, 0.15) is 28.8 Å². The fraction of sp³-hybridized carbons (Fsp3) is 0.533. The van der Waals surface area contributed by atoms with Crippen LogP contribution >= 0.6 is 12.4 Å². The molecule has 0 radical (unpaired) electrons. The van der Waals surface area contributed by atoms with Gasteiger partial charge >= 0.3 is 0 Å². The van der Waals surface area contributed by atoms with E-state index in [1.165, 1.54) is 0 Å². The number of hydrogen-bond donors (Lipinski definition) is 1. The van der Waals surface area contributed by atoms with Gasteiger partial charge in [0.1, 0.15) is 5.82 Å². The molecule has 5 heteroatoms. The summed E-state index contributed by atoms with van der Waals surface area (Å²) in [6, 6.07) is 5.57. The van der Waals surface area contributed by atoms with E-state index in [0.717, 1.165) is 32.5 Å². The van der Waals surface area contributed by atoms with Crippen molar-refractivity contribution in [1.29, 1.82) is 0 Å². The smallest absolute Gasteiger partial charge is 0.256 e. The number of nitrogens with zero attached hydrogens (tertiary/aromatic N) is 1. The van der Waals surface area contributed by atoms with Crippen LogP contribution in [0.5, 0.6) is 0 Å². The summed E-state index contributed by atoms with van der Waals surface area (Å²) in [5.41, 5.74) is 0.743. The Hall–Kier alpha value is -1.13. The molecule has 0 aliphatic carbocycles. The second-order valence-electron chi connectivity index (χ2n) is 5.59. The topological polar surface area (TPSA) is 32.3 Å². The van der Waals surface area contributed by atoms with Crippen LogP contribution in [-0.4, -0.2) is 36.5 Å². The highest BCUT2D eigenvalue weighted by Gasteiger charge is 2.35. The van der Waals surface area contributed by atoms with Crippen molar-refractivity contribution < 1.29 is 9.18 Å². The Kier molecular flexibility index (Phi) is 4.66. The number of aryl methyl sites for hydroxylation is 1. The lowest BCUT2D eigenvalue weighted by atomic mass is 9.93. The summed E-state index contributed by atoms with van der Waals surface area (Å²) in [4.78, 5) is 14.2. The fourth-order valence-electron chi connectivity index (χ4n) is 3.21. The maximum atomic E-state index is 14.0. The Morgan fingerprint density at radius 2 is 2.20 bits per heavy atom. The van der Waals surface area contributed by atoms with Gasteiger partial charge in [-0.15, -0.1) is 12.4 Å². The first-order valence-corrected chi connectivity index (χ1v) is 6.94. The molecule has 0 spiro atoms. The Balaban J connectivity index is 0.00000147. The van der Waals surface area contributed by atoms with Crippen LogP contribution in [0.4, 0.5) is 4.39 Å². The van der Waals surface area contributed by atoms with Crippen molar-refractivity contribution in [3.63, 3.8) is 0 Å². The molecule has 1 aromatic carbocycles. The molecule has 110 valence electrons. The molecule has 2 unspecified atom stereocenters. The van der Waals surface area contributed by atoms with Crippen LogP contribution < -0.4 is 5.32 Å². The van der Waals surface area contributed by atoms with E-state index in [4.69, 9.17) is 0 Å². The van der Waals surface area contributed by atoms with Gasteiger partial charge in [0.15, 0.2) is 0 Å². The van der Waals surface area contributed by atoms with Gasteiger partial charge in [-0.25, -0.2) is 4.39 Å². The molecule has 0 bridgehead atoms. The molecule has 1 N–H and O–H groups in total. The van der Waals surface area contributed by atoms with Crippen LogP contribution in [-0.2, 0) is 0 Å². The molecule has 3 nitrogen and oxygen atoms in total. The number of benzene rings is 1. The summed E-state index contributed by atoms with van der Waals surface area (Å²) < 4.78 is 14.0. The first kappa shape index (κ1) is 15.3. The first-order valence-electron chi connectivity index (χ1n) is 6.94. The highest BCUT2D eigenvalue weighted by molar-refractivity contribution is 5.94. The molecule has 2 fully saturated rings. The van der Waals surface area contributed by atoms with Gasteiger partial charge < -0.3 is 10.2 Å². The molecule has 2 aliphatic heterocycles. The van der Waals surface area contributed by atoms with Crippen molar-refractivity contribution in [3.8, 4) is 0 Å². The van der Waals surface area contributed by atoms with Gasteiger partial charge in [0.25, 0.3) is 5.91 Å². The number of fused-ring (bicyclic) bond motifs is 1. The molecule has 3 rings (SSSR count). The lowest BCUT2D eigenvalue weighted by Crippen LogP contribution is -2.47. The summed E-state index contributed by atoms with van der Waals surface area (Å²) in [5, 5.41) is 3.47. The molecule has 2 atom stereocenters. The van der Waals surface area contributed by atoms with Crippen molar-refractivity contribution in [1.82, 2.24) is 10.2 Å². The molecular weight excluding hydrogens is 279 g/mol. The zero-order valence-corrected chi connectivity index (χ0v) is 12.4. The summed E-state index contributed by atoms with van der Waals surface area (Å²) in [7, 11) is 0. The van der Waals surface area contributed by atoms with Gasteiger partial charge in [-0.1, -0.05) is 12.1 Å². The molecule has 2 aliphatic rings. The van der Waals surface area contributed by atoms with Gasteiger partial charge in [-0.2, -0.15) is 0 Å². The largest absolute Gasteiger partial charge is 0.338 e. The number of piperidine rings is 1. The molecule has 2 heterocycles. The summed E-state index contributed by atoms with van der Waals surface area (Å²) in [5.74, 6) is -0.00343. The Morgan fingerprint density at radius 3 is 3.00 bits per heavy atom. The normalized spacial score (nSPS) is 25.0. The Labute approximate surface area is 124 Å². The molecule has 20 heavy (non-hydrogen) atoms. The average Bonchev–Trinajstić information content (AvgIpc) is 2.88. The predicted molar refractivity (Wildman–Crippen MR) is 78.8 cm³/mol. The minimum atomic E-state index is -0.376. The summed E-state index contributed by atoms with van der Waals surface area (Å²) >= 11 is 0. The average molecular weight is 299 g/mol. The second-order valence-corrected chi connectivity index (χ2v) is 5.59. The number of likely N-dealkylation sites (tertiary alicyclic amines) is 1. The second kappa shape index (κ2) is 6.10. The number of rotatable bonds is 1. The third-order valence-electron chi connectivity index (χ3n) is 4.37. The van der Waals surface area contributed by atoms with Crippen LogP contribution in [0.2, 0.25) is 0 Å². The van der Waals surface area contributed by atoms with Crippen molar-refractivity contribution in [2.45, 2.75) is 25.8 Å². The van der Waals surface area contributed by atoms with E-state index in [9.17, 15) is 9.18 Å². The molecule has 1 amide bonds. The van der Waals surface area contributed by atoms with E-state index in [2.05, 4.69) is 5.32 Å². The van der Waals surface area contributed by atoms with E-state index in [1.807, 2.05) is 4.90 Å². The number of carbonyl (C=O) groups excluding carboxylic acids is 1.